The van der Waals surface area contributed by atoms with Crippen molar-refractivity contribution in [1.29, 1.82) is 0 Å². The van der Waals surface area contributed by atoms with E-state index in [1.807, 2.05) is 0 Å². The van der Waals surface area contributed by atoms with Crippen molar-refractivity contribution in [2.45, 2.75) is 4.90 Å². The normalized spacial score (nSPS) is 15.2. The van der Waals surface area contributed by atoms with E-state index in [0.717, 1.165) is 6.41 Å². The molecule has 0 atom stereocenters. The zero-order valence-corrected chi connectivity index (χ0v) is 14.6. The maximum atomic E-state index is 12.2. The van der Waals surface area contributed by atoms with Crippen molar-refractivity contribution in [2.75, 3.05) is 39.8 Å². The number of piperazine rings is 1. The van der Waals surface area contributed by atoms with Crippen molar-refractivity contribution in [3.05, 3.63) is 23.2 Å². The lowest BCUT2D eigenvalue weighted by molar-refractivity contribution is -0.134. The lowest BCUT2D eigenvalue weighted by atomic mass is 10.3. The van der Waals surface area contributed by atoms with Gasteiger partial charge in [-0.25, -0.2) is 13.1 Å². The molecule has 1 heterocycles. The Morgan fingerprint density at radius 3 is 2.54 bits per heavy atom. The summed E-state index contributed by atoms with van der Waals surface area (Å²) in [6.45, 7) is 1.29. The molecule has 24 heavy (non-hydrogen) atoms. The number of nitrogens with one attached hydrogen (secondary N) is 1. The van der Waals surface area contributed by atoms with Gasteiger partial charge in [0.25, 0.3) is 0 Å². The molecule has 1 aromatic carbocycles. The van der Waals surface area contributed by atoms with Crippen LogP contribution in [0.25, 0.3) is 0 Å². The van der Waals surface area contributed by atoms with Crippen LogP contribution in [0.15, 0.2) is 23.1 Å². The molecule has 1 fully saturated rings. The van der Waals surface area contributed by atoms with Gasteiger partial charge in [0.05, 0.1) is 23.6 Å². The average Bonchev–Trinajstić information content (AvgIpc) is 2.59. The van der Waals surface area contributed by atoms with Gasteiger partial charge in [0.2, 0.25) is 22.3 Å². The van der Waals surface area contributed by atoms with Crippen LogP contribution in [0.2, 0.25) is 5.02 Å². The number of methoxy groups -OCH3 is 1. The van der Waals surface area contributed by atoms with Crippen LogP contribution in [0.3, 0.4) is 0 Å². The zero-order chi connectivity index (χ0) is 17.7. The van der Waals surface area contributed by atoms with Crippen molar-refractivity contribution in [3.63, 3.8) is 0 Å². The summed E-state index contributed by atoms with van der Waals surface area (Å²) in [5.74, 6) is 0.0171. The zero-order valence-electron chi connectivity index (χ0n) is 13.1. The molecule has 1 aliphatic rings. The molecular weight excluding hydrogens is 358 g/mol. The molecule has 0 unspecified atom stereocenters. The minimum absolute atomic E-state index is 0.0492. The van der Waals surface area contributed by atoms with Crippen LogP contribution in [0.1, 0.15) is 0 Å². The number of hydrogen-bond donors (Lipinski definition) is 1. The van der Waals surface area contributed by atoms with Crippen LogP contribution in [0.4, 0.5) is 0 Å². The Balaban J connectivity index is 1.96. The first kappa shape index (κ1) is 18.5. The molecule has 2 amide bonds. The lowest BCUT2D eigenvalue weighted by Gasteiger charge is -2.32. The number of carbonyl (C=O) groups excluding carboxylic acids is 2. The van der Waals surface area contributed by atoms with E-state index >= 15 is 0 Å². The van der Waals surface area contributed by atoms with Gasteiger partial charge in [-0.05, 0) is 18.2 Å². The number of ether oxygens (including phenoxy) is 1. The Labute approximate surface area is 145 Å². The first-order valence-corrected chi connectivity index (χ1v) is 9.04. The quantitative estimate of drug-likeness (QED) is 0.702. The van der Waals surface area contributed by atoms with Crippen molar-refractivity contribution in [1.82, 2.24) is 14.5 Å². The van der Waals surface area contributed by atoms with E-state index in [9.17, 15) is 18.0 Å². The van der Waals surface area contributed by atoms with Gasteiger partial charge in [-0.2, -0.15) is 0 Å². The monoisotopic (exact) mass is 375 g/mol. The summed E-state index contributed by atoms with van der Waals surface area (Å²) in [6, 6.07) is 4.05. The largest absolute Gasteiger partial charge is 0.495 e. The second-order valence-corrected chi connectivity index (χ2v) is 7.32. The molecule has 1 N–H and O–H groups in total. The topological polar surface area (TPSA) is 96.0 Å². The van der Waals surface area contributed by atoms with Crippen LogP contribution in [0, 0.1) is 0 Å². The summed E-state index contributed by atoms with van der Waals surface area (Å²) in [5, 5.41) is 0.164. The fraction of sp³-hybridized carbons (Fsp3) is 0.429. The third-order valence-electron chi connectivity index (χ3n) is 3.66. The highest BCUT2D eigenvalue weighted by Crippen LogP contribution is 2.26. The van der Waals surface area contributed by atoms with E-state index in [2.05, 4.69) is 4.72 Å². The van der Waals surface area contributed by atoms with Gasteiger partial charge in [0, 0.05) is 26.2 Å². The summed E-state index contributed by atoms with van der Waals surface area (Å²) < 4.78 is 31.7. The van der Waals surface area contributed by atoms with E-state index in [1.54, 1.807) is 4.90 Å². The van der Waals surface area contributed by atoms with E-state index in [0.29, 0.717) is 31.9 Å². The first-order chi connectivity index (χ1) is 11.4. The van der Waals surface area contributed by atoms with Crippen LogP contribution >= 0.6 is 11.6 Å². The highest BCUT2D eigenvalue weighted by atomic mass is 35.5. The predicted octanol–water partition coefficient (Wildman–Crippen LogP) is -0.0725. The van der Waals surface area contributed by atoms with Crippen LogP contribution in [-0.4, -0.2) is 70.4 Å². The van der Waals surface area contributed by atoms with Crippen molar-refractivity contribution in [2.24, 2.45) is 0 Å². The van der Waals surface area contributed by atoms with Crippen LogP contribution < -0.4 is 9.46 Å². The fourth-order valence-corrected chi connectivity index (χ4v) is 3.57. The number of sulfonamides is 1. The molecular formula is C14H18ClN3O5S. The Kier molecular flexibility index (Phi) is 6.03. The summed E-state index contributed by atoms with van der Waals surface area (Å²) in [5.41, 5.74) is 0. The molecule has 0 aliphatic carbocycles. The fourth-order valence-electron chi connectivity index (χ4n) is 2.24. The van der Waals surface area contributed by atoms with E-state index in [1.165, 1.54) is 30.2 Å². The second-order valence-electron chi connectivity index (χ2n) is 5.14. The molecule has 10 heteroatoms. The van der Waals surface area contributed by atoms with Crippen molar-refractivity contribution < 1.29 is 22.7 Å². The maximum absolute atomic E-state index is 12.2. The molecule has 0 aromatic heterocycles. The second kappa shape index (κ2) is 7.82. The first-order valence-electron chi connectivity index (χ1n) is 7.17. The Hall–Kier alpha value is -1.84. The van der Waals surface area contributed by atoms with Crippen molar-refractivity contribution >= 4 is 33.9 Å². The number of carbonyl (C=O) groups is 2. The van der Waals surface area contributed by atoms with Gasteiger partial charge < -0.3 is 14.5 Å². The summed E-state index contributed by atoms with van der Waals surface area (Å²) in [7, 11) is -2.43. The number of benzene rings is 1. The molecule has 1 aliphatic heterocycles. The average molecular weight is 376 g/mol. The Morgan fingerprint density at radius 1 is 1.33 bits per heavy atom. The van der Waals surface area contributed by atoms with Gasteiger partial charge >= 0.3 is 0 Å². The molecule has 8 nitrogen and oxygen atoms in total. The number of rotatable bonds is 6. The van der Waals surface area contributed by atoms with Gasteiger partial charge in [-0.15, -0.1) is 0 Å². The van der Waals surface area contributed by atoms with Gasteiger partial charge in [0.1, 0.15) is 5.75 Å². The highest BCUT2D eigenvalue weighted by Gasteiger charge is 2.22. The number of nitrogens with zero attached hydrogens (tertiary/aromatic N) is 2. The lowest BCUT2D eigenvalue weighted by Crippen LogP contribution is -2.50. The Morgan fingerprint density at radius 2 is 2.00 bits per heavy atom. The molecule has 1 aromatic rings. The SMILES string of the molecule is COc1ccc(S(=O)(=O)NCC(=O)N2CCN(C=O)CC2)cc1Cl. The van der Waals surface area contributed by atoms with Crippen LogP contribution in [-0.2, 0) is 19.6 Å². The molecule has 0 saturated carbocycles. The molecule has 0 spiro atoms. The predicted molar refractivity (Wildman–Crippen MR) is 87.4 cm³/mol. The summed E-state index contributed by atoms with van der Waals surface area (Å²) >= 11 is 5.92. The Bertz CT molecular complexity index is 717. The van der Waals surface area contributed by atoms with E-state index < -0.39 is 10.0 Å². The molecule has 132 valence electrons. The molecule has 2 rings (SSSR count). The minimum atomic E-state index is -3.86. The number of halogens is 1. The summed E-state index contributed by atoms with van der Waals surface area (Å²) in [4.78, 5) is 25.8. The van der Waals surface area contributed by atoms with E-state index in [4.69, 9.17) is 16.3 Å². The highest BCUT2D eigenvalue weighted by molar-refractivity contribution is 7.89. The van der Waals surface area contributed by atoms with Crippen LogP contribution in [0.5, 0.6) is 5.75 Å². The van der Waals surface area contributed by atoms with E-state index in [-0.39, 0.29) is 22.4 Å². The third kappa shape index (κ3) is 4.37. The third-order valence-corrected chi connectivity index (χ3v) is 5.36. The van der Waals surface area contributed by atoms with Gasteiger partial charge in [0.15, 0.2) is 0 Å². The smallest absolute Gasteiger partial charge is 0.241 e. The summed E-state index contributed by atoms with van der Waals surface area (Å²) in [6.07, 6.45) is 0.734. The standard InChI is InChI=1S/C14H18ClN3O5S/c1-23-13-3-2-11(8-12(13)15)24(21,22)16-9-14(20)18-6-4-17(10-19)5-7-18/h2-3,8,10,16H,4-7,9H2,1H3. The molecule has 0 radical (unpaired) electrons. The molecule has 0 bridgehead atoms. The number of hydrogen-bond acceptors (Lipinski definition) is 5. The van der Waals surface area contributed by atoms with Gasteiger partial charge in [-0.1, -0.05) is 11.6 Å². The number of amides is 2. The minimum Gasteiger partial charge on any atom is -0.495 e. The maximum Gasteiger partial charge on any atom is 0.241 e. The van der Waals surface area contributed by atoms with Gasteiger partial charge in [-0.3, -0.25) is 9.59 Å². The molecule has 1 saturated heterocycles. The van der Waals surface area contributed by atoms with Crippen molar-refractivity contribution in [3.8, 4) is 5.75 Å².